The smallest absolute Gasteiger partial charge is 0.262 e. The number of aryl methyl sites for hydroxylation is 1. The highest BCUT2D eigenvalue weighted by Gasteiger charge is 2.15. The third-order valence-electron chi connectivity index (χ3n) is 2.27. The second-order valence-corrected chi connectivity index (χ2v) is 6.18. The zero-order chi connectivity index (χ0) is 14.0. The van der Waals surface area contributed by atoms with Gasteiger partial charge in [0.1, 0.15) is 10.3 Å². The monoisotopic (exact) mass is 317 g/mol. The maximum atomic E-state index is 12.1. The molecule has 8 heteroatoms. The molecule has 5 nitrogen and oxygen atoms in total. The number of aromatic nitrogens is 2. The summed E-state index contributed by atoms with van der Waals surface area (Å²) in [6.45, 7) is 1.73. The van der Waals surface area contributed by atoms with Crippen LogP contribution in [0, 0.1) is 6.92 Å². The average Bonchev–Trinajstić information content (AvgIpc) is 2.33. The molecule has 1 N–H and O–H groups in total. The molecular formula is C11H9Cl2N3O2S. The summed E-state index contributed by atoms with van der Waals surface area (Å²) in [6.07, 6.45) is 2.66. The van der Waals surface area contributed by atoms with Crippen LogP contribution in [-0.2, 0) is 10.0 Å². The highest BCUT2D eigenvalue weighted by Crippen LogP contribution is 2.20. The number of anilines is 1. The van der Waals surface area contributed by atoms with Crippen LogP contribution in [0.1, 0.15) is 5.56 Å². The van der Waals surface area contributed by atoms with E-state index >= 15 is 0 Å². The van der Waals surface area contributed by atoms with E-state index in [0.29, 0.717) is 16.4 Å². The minimum absolute atomic E-state index is 0.0279. The van der Waals surface area contributed by atoms with Crippen LogP contribution in [0.4, 0.5) is 5.69 Å². The minimum atomic E-state index is -3.72. The first-order valence-electron chi connectivity index (χ1n) is 5.15. The first-order valence-corrected chi connectivity index (χ1v) is 7.39. The van der Waals surface area contributed by atoms with Crippen molar-refractivity contribution < 1.29 is 8.42 Å². The molecule has 0 amide bonds. The number of sulfonamides is 1. The molecule has 0 atom stereocenters. The lowest BCUT2D eigenvalue weighted by molar-refractivity contribution is 0.601. The molecule has 0 saturated heterocycles. The van der Waals surface area contributed by atoms with Crippen LogP contribution in [0.5, 0.6) is 0 Å². The largest absolute Gasteiger partial charge is 0.278 e. The van der Waals surface area contributed by atoms with Crippen LogP contribution in [0.25, 0.3) is 0 Å². The lowest BCUT2D eigenvalue weighted by Crippen LogP contribution is -2.13. The Morgan fingerprint density at radius 1 is 1.21 bits per heavy atom. The zero-order valence-electron chi connectivity index (χ0n) is 9.76. The molecule has 0 aliphatic carbocycles. The Labute approximate surface area is 120 Å². The molecule has 0 unspecified atom stereocenters. The predicted octanol–water partition coefficient (Wildman–Crippen LogP) is 2.89. The third-order valence-corrected chi connectivity index (χ3v) is 4.26. The van der Waals surface area contributed by atoms with Crippen molar-refractivity contribution in [2.24, 2.45) is 0 Å². The highest BCUT2D eigenvalue weighted by atomic mass is 35.5. The molecule has 0 bridgehead atoms. The number of halogens is 2. The van der Waals surface area contributed by atoms with Crippen molar-refractivity contribution in [3.8, 4) is 0 Å². The molecule has 0 saturated carbocycles. The standard InChI is InChI=1S/C11H9Cl2N3O2S/c1-7-4-8(6-15-11(7)13)16-19(17,18)9-2-3-14-10(12)5-9/h2-6,16H,1H3. The Bertz CT molecular complexity index is 720. The van der Waals surface area contributed by atoms with E-state index in [1.165, 1.54) is 24.5 Å². The summed E-state index contributed by atoms with van der Waals surface area (Å²) in [5.41, 5.74) is 1.00. The van der Waals surface area contributed by atoms with Crippen LogP contribution < -0.4 is 4.72 Å². The second kappa shape index (κ2) is 5.32. The second-order valence-electron chi connectivity index (χ2n) is 3.75. The van der Waals surface area contributed by atoms with E-state index in [4.69, 9.17) is 23.2 Å². The van der Waals surface area contributed by atoms with E-state index in [-0.39, 0.29) is 10.0 Å². The summed E-state index contributed by atoms with van der Waals surface area (Å²) in [5.74, 6) is 0. The minimum Gasteiger partial charge on any atom is -0.278 e. The van der Waals surface area contributed by atoms with E-state index in [1.807, 2.05) is 0 Å². The van der Waals surface area contributed by atoms with Gasteiger partial charge >= 0.3 is 0 Å². The Morgan fingerprint density at radius 2 is 1.95 bits per heavy atom. The highest BCUT2D eigenvalue weighted by molar-refractivity contribution is 7.92. The van der Waals surface area contributed by atoms with Crippen molar-refractivity contribution in [2.45, 2.75) is 11.8 Å². The summed E-state index contributed by atoms with van der Waals surface area (Å²) in [7, 11) is -3.72. The van der Waals surface area contributed by atoms with E-state index in [0.717, 1.165) is 0 Å². The summed E-state index contributed by atoms with van der Waals surface area (Å²) in [6, 6.07) is 4.21. The Morgan fingerprint density at radius 3 is 2.58 bits per heavy atom. The summed E-state index contributed by atoms with van der Waals surface area (Å²) in [5, 5.41) is 0.434. The molecule has 2 aromatic heterocycles. The first kappa shape index (κ1) is 14.0. The molecule has 0 fully saturated rings. The van der Waals surface area contributed by atoms with Gasteiger partial charge in [-0.05, 0) is 30.7 Å². The average molecular weight is 318 g/mol. The van der Waals surface area contributed by atoms with E-state index in [9.17, 15) is 8.42 Å². The van der Waals surface area contributed by atoms with Crippen LogP contribution in [0.15, 0.2) is 35.5 Å². The van der Waals surface area contributed by atoms with Gasteiger partial charge in [0.05, 0.1) is 16.8 Å². The SMILES string of the molecule is Cc1cc(NS(=O)(=O)c2ccnc(Cl)c2)cnc1Cl. The van der Waals surface area contributed by atoms with Crippen LogP contribution in [-0.4, -0.2) is 18.4 Å². The maximum Gasteiger partial charge on any atom is 0.262 e. The maximum absolute atomic E-state index is 12.1. The van der Waals surface area contributed by atoms with E-state index < -0.39 is 10.0 Å². The van der Waals surface area contributed by atoms with Gasteiger partial charge in [-0.2, -0.15) is 0 Å². The normalized spacial score (nSPS) is 11.3. The first-order chi connectivity index (χ1) is 8.88. The van der Waals surface area contributed by atoms with E-state index in [1.54, 1.807) is 13.0 Å². The lowest BCUT2D eigenvalue weighted by atomic mass is 10.3. The van der Waals surface area contributed by atoms with Crippen molar-refractivity contribution in [2.75, 3.05) is 4.72 Å². The quantitative estimate of drug-likeness (QED) is 0.883. The fourth-order valence-corrected chi connectivity index (χ4v) is 2.77. The third kappa shape index (κ3) is 3.34. The van der Waals surface area contributed by atoms with Gasteiger partial charge in [0.15, 0.2) is 0 Å². The molecule has 19 heavy (non-hydrogen) atoms. The summed E-state index contributed by atoms with van der Waals surface area (Å²) in [4.78, 5) is 7.63. The van der Waals surface area contributed by atoms with Gasteiger partial charge < -0.3 is 0 Å². The van der Waals surface area contributed by atoms with Crippen LogP contribution in [0.3, 0.4) is 0 Å². The number of hydrogen-bond acceptors (Lipinski definition) is 4. The Kier molecular flexibility index (Phi) is 3.93. The molecule has 0 aliphatic heterocycles. The number of hydrogen-bond donors (Lipinski definition) is 1. The molecular weight excluding hydrogens is 309 g/mol. The fraction of sp³-hybridized carbons (Fsp3) is 0.0909. The number of nitrogens with one attached hydrogen (secondary N) is 1. The summed E-state index contributed by atoms with van der Waals surface area (Å²) >= 11 is 11.4. The van der Waals surface area contributed by atoms with Gasteiger partial charge in [-0.25, -0.2) is 18.4 Å². The van der Waals surface area contributed by atoms with Gasteiger partial charge in [0.25, 0.3) is 10.0 Å². The number of rotatable bonds is 3. The molecule has 2 rings (SSSR count). The van der Waals surface area contributed by atoms with Gasteiger partial charge in [-0.15, -0.1) is 0 Å². The molecule has 0 radical (unpaired) electrons. The van der Waals surface area contributed by atoms with Gasteiger partial charge in [-0.3, -0.25) is 4.72 Å². The molecule has 0 spiro atoms. The van der Waals surface area contributed by atoms with Gasteiger partial charge in [0, 0.05) is 6.20 Å². The topological polar surface area (TPSA) is 72.0 Å². The number of pyridine rings is 2. The lowest BCUT2D eigenvalue weighted by Gasteiger charge is -2.08. The molecule has 100 valence electrons. The van der Waals surface area contributed by atoms with Crippen molar-refractivity contribution in [3.05, 3.63) is 46.5 Å². The Hall–Kier alpha value is -1.37. The Balaban J connectivity index is 2.33. The van der Waals surface area contributed by atoms with Crippen molar-refractivity contribution in [3.63, 3.8) is 0 Å². The molecule has 2 aromatic rings. The fourth-order valence-electron chi connectivity index (χ4n) is 1.38. The van der Waals surface area contributed by atoms with Crippen LogP contribution >= 0.6 is 23.2 Å². The van der Waals surface area contributed by atoms with E-state index in [2.05, 4.69) is 14.7 Å². The molecule has 0 aromatic carbocycles. The van der Waals surface area contributed by atoms with Crippen molar-refractivity contribution in [1.29, 1.82) is 0 Å². The zero-order valence-corrected chi connectivity index (χ0v) is 12.1. The summed E-state index contributed by atoms with van der Waals surface area (Å²) < 4.78 is 26.6. The van der Waals surface area contributed by atoms with Crippen LogP contribution in [0.2, 0.25) is 10.3 Å². The number of nitrogens with zero attached hydrogens (tertiary/aromatic N) is 2. The molecule has 2 heterocycles. The van der Waals surface area contributed by atoms with Crippen molar-refractivity contribution >= 4 is 38.9 Å². The van der Waals surface area contributed by atoms with Gasteiger partial charge in [0.2, 0.25) is 0 Å². The molecule has 0 aliphatic rings. The predicted molar refractivity (Wildman–Crippen MR) is 74.0 cm³/mol. The van der Waals surface area contributed by atoms with Gasteiger partial charge in [-0.1, -0.05) is 23.2 Å². The van der Waals surface area contributed by atoms with Crippen molar-refractivity contribution in [1.82, 2.24) is 9.97 Å².